The number of carbonyl (C=O) groups is 2. The van der Waals surface area contributed by atoms with Crippen LogP contribution in [0.5, 0.6) is 0 Å². The van der Waals surface area contributed by atoms with Crippen molar-refractivity contribution in [1.29, 1.82) is 0 Å². The van der Waals surface area contributed by atoms with Crippen molar-refractivity contribution >= 4 is 24.3 Å². The minimum atomic E-state index is -5.07. The van der Waals surface area contributed by atoms with E-state index in [1.54, 1.807) is 18.2 Å². The second-order valence-electron chi connectivity index (χ2n) is 9.24. The Morgan fingerprint density at radius 2 is 1.47 bits per heavy atom. The zero-order valence-corrected chi connectivity index (χ0v) is 20.7. The molecule has 5 N–H and O–H groups in total. The van der Waals surface area contributed by atoms with E-state index in [1.165, 1.54) is 12.1 Å². The van der Waals surface area contributed by atoms with Crippen LogP contribution in [0.3, 0.4) is 0 Å². The summed E-state index contributed by atoms with van der Waals surface area (Å²) < 4.78 is 85.8. The molecule has 0 spiro atoms. The van der Waals surface area contributed by atoms with E-state index in [0.29, 0.717) is 17.7 Å². The number of benzene rings is 2. The molecule has 1 amide bonds. The van der Waals surface area contributed by atoms with Gasteiger partial charge in [0.1, 0.15) is 0 Å². The Morgan fingerprint density at radius 1 is 0.974 bits per heavy atom. The van der Waals surface area contributed by atoms with Gasteiger partial charge in [0, 0.05) is 6.04 Å². The summed E-state index contributed by atoms with van der Waals surface area (Å²) in [5, 5.41) is 10.3. The Balaban J connectivity index is 0.00000507. The first-order chi connectivity index (χ1) is 17.1. The van der Waals surface area contributed by atoms with Gasteiger partial charge >= 0.3 is 18.3 Å². The van der Waals surface area contributed by atoms with E-state index in [9.17, 15) is 41.0 Å². The Hall–Kier alpha value is -2.83. The van der Waals surface area contributed by atoms with Crippen LogP contribution in [0.1, 0.15) is 53.9 Å². The van der Waals surface area contributed by atoms with E-state index >= 15 is 0 Å². The number of hydrogen-bond acceptors (Lipinski definition) is 4. The molecule has 6 nitrogen and oxygen atoms in total. The third kappa shape index (κ3) is 6.97. The van der Waals surface area contributed by atoms with E-state index in [0.717, 1.165) is 0 Å². The molecule has 1 aliphatic rings. The summed E-state index contributed by atoms with van der Waals surface area (Å²) >= 11 is 0. The number of amides is 1. The minimum absolute atomic E-state index is 0. The molecule has 13 heteroatoms. The largest absolute Gasteiger partial charge is 0.481 e. The highest BCUT2D eigenvalue weighted by molar-refractivity contribution is 5.85. The lowest BCUT2D eigenvalue weighted by Gasteiger charge is -2.44. The van der Waals surface area contributed by atoms with E-state index in [1.807, 2.05) is 0 Å². The Labute approximate surface area is 220 Å². The predicted molar refractivity (Wildman–Crippen MR) is 127 cm³/mol. The zero-order valence-electron chi connectivity index (χ0n) is 19.9. The number of alkyl halides is 6. The predicted octanol–water partition coefficient (Wildman–Crippen LogP) is 5.27. The first kappa shape index (κ1) is 31.4. The quantitative estimate of drug-likeness (QED) is 0.375. The van der Waals surface area contributed by atoms with Crippen LogP contribution in [0.15, 0.2) is 48.5 Å². The van der Waals surface area contributed by atoms with Gasteiger partial charge in [-0.25, -0.2) is 0 Å². The number of carbonyl (C=O) groups excluding carboxylic acids is 1. The van der Waals surface area contributed by atoms with Gasteiger partial charge in [0.05, 0.1) is 35.2 Å². The molecule has 0 heterocycles. The molecule has 1 saturated carbocycles. The van der Waals surface area contributed by atoms with Crippen molar-refractivity contribution in [3.8, 4) is 0 Å². The SMILES string of the molecule is Cl.NC(=O)C(c1ccccc1)C(OCc1cc(C(F)(F)F)cc(C(F)(F)F)c1)C1(C(=O)O)CCC(N)CC1. The van der Waals surface area contributed by atoms with E-state index < -0.39 is 65.0 Å². The highest BCUT2D eigenvalue weighted by atomic mass is 35.5. The zero-order chi connectivity index (χ0) is 27.6. The summed E-state index contributed by atoms with van der Waals surface area (Å²) in [5.41, 5.74) is 6.63. The maximum atomic E-state index is 13.3. The molecule has 2 aromatic carbocycles. The smallest absolute Gasteiger partial charge is 0.416 e. The number of carboxylic acids is 1. The van der Waals surface area contributed by atoms with Gasteiger partial charge in [0.15, 0.2) is 0 Å². The third-order valence-corrected chi connectivity index (χ3v) is 6.74. The van der Waals surface area contributed by atoms with Crippen molar-refractivity contribution in [2.24, 2.45) is 16.9 Å². The fourth-order valence-electron chi connectivity index (χ4n) is 4.79. The molecule has 0 radical (unpaired) electrons. The van der Waals surface area contributed by atoms with Crippen LogP contribution in [0, 0.1) is 5.41 Å². The summed E-state index contributed by atoms with van der Waals surface area (Å²) in [5.74, 6) is -3.63. The van der Waals surface area contributed by atoms with Crippen LogP contribution in [0.25, 0.3) is 0 Å². The summed E-state index contributed by atoms with van der Waals surface area (Å²) in [6.45, 7) is -0.824. The number of primary amides is 1. The number of aliphatic carboxylic acids is 1. The first-order valence-corrected chi connectivity index (χ1v) is 11.4. The highest BCUT2D eigenvalue weighted by Gasteiger charge is 2.53. The van der Waals surface area contributed by atoms with Gasteiger partial charge in [-0.3, -0.25) is 9.59 Å². The average molecular weight is 569 g/mol. The summed E-state index contributed by atoms with van der Waals surface area (Å²) in [6.07, 6.45) is -11.2. The second kappa shape index (κ2) is 11.9. The van der Waals surface area contributed by atoms with E-state index in [4.69, 9.17) is 16.2 Å². The van der Waals surface area contributed by atoms with Crippen LogP contribution in [0.2, 0.25) is 0 Å². The lowest BCUT2D eigenvalue weighted by Crippen LogP contribution is -2.53. The molecule has 1 fully saturated rings. The van der Waals surface area contributed by atoms with Crippen molar-refractivity contribution in [1.82, 2.24) is 0 Å². The lowest BCUT2D eigenvalue weighted by atomic mass is 9.64. The molecular weight excluding hydrogens is 542 g/mol. The van der Waals surface area contributed by atoms with Crippen molar-refractivity contribution in [2.75, 3.05) is 0 Å². The van der Waals surface area contributed by atoms with Crippen molar-refractivity contribution in [3.05, 3.63) is 70.8 Å². The number of nitrogens with two attached hydrogens (primary N) is 2. The van der Waals surface area contributed by atoms with Gasteiger partial charge in [0.2, 0.25) is 5.91 Å². The van der Waals surface area contributed by atoms with Crippen molar-refractivity contribution in [2.45, 2.75) is 62.7 Å². The second-order valence-corrected chi connectivity index (χ2v) is 9.24. The molecule has 210 valence electrons. The van der Waals surface area contributed by atoms with Gasteiger partial charge in [-0.15, -0.1) is 12.4 Å². The van der Waals surface area contributed by atoms with Crippen molar-refractivity contribution in [3.63, 3.8) is 0 Å². The molecule has 0 aromatic heterocycles. The van der Waals surface area contributed by atoms with Crippen LogP contribution in [-0.4, -0.2) is 29.1 Å². The lowest BCUT2D eigenvalue weighted by molar-refractivity contribution is -0.169. The summed E-state index contributed by atoms with van der Waals surface area (Å²) in [4.78, 5) is 25.2. The van der Waals surface area contributed by atoms with Gasteiger partial charge in [-0.2, -0.15) is 26.3 Å². The maximum absolute atomic E-state index is 13.3. The van der Waals surface area contributed by atoms with Crippen LogP contribution >= 0.6 is 12.4 Å². The van der Waals surface area contributed by atoms with Gasteiger partial charge in [-0.05, 0) is 55.0 Å². The average Bonchev–Trinajstić information content (AvgIpc) is 2.81. The number of halogens is 7. The molecule has 38 heavy (non-hydrogen) atoms. The van der Waals surface area contributed by atoms with Crippen LogP contribution < -0.4 is 11.5 Å². The Morgan fingerprint density at radius 3 is 1.89 bits per heavy atom. The van der Waals surface area contributed by atoms with Crippen molar-refractivity contribution < 1.29 is 45.8 Å². The molecule has 0 bridgehead atoms. The maximum Gasteiger partial charge on any atom is 0.416 e. The standard InChI is InChI=1S/C25H26F6N2O4.ClH/c26-24(27,28)16-10-14(11-17(12-16)25(29,30)31)13-37-20(19(21(33)34)15-4-2-1-3-5-15)23(22(35)36)8-6-18(32)7-9-23;/h1-5,10-12,18-20H,6-9,13,32H2,(H2,33,34)(H,35,36);1H. The fraction of sp³-hybridized carbons (Fsp3) is 0.440. The van der Waals surface area contributed by atoms with Crippen LogP contribution in [-0.2, 0) is 33.3 Å². The van der Waals surface area contributed by atoms with Gasteiger partial charge in [-0.1, -0.05) is 30.3 Å². The van der Waals surface area contributed by atoms with Gasteiger partial charge in [0.25, 0.3) is 0 Å². The molecule has 2 atom stereocenters. The molecule has 0 saturated heterocycles. The summed E-state index contributed by atoms with van der Waals surface area (Å²) in [7, 11) is 0. The topological polar surface area (TPSA) is 116 Å². The molecule has 2 unspecified atom stereocenters. The number of rotatable bonds is 8. The van der Waals surface area contributed by atoms with Gasteiger partial charge < -0.3 is 21.3 Å². The first-order valence-electron chi connectivity index (χ1n) is 11.4. The summed E-state index contributed by atoms with van der Waals surface area (Å²) in [6, 6.07) is 8.50. The minimum Gasteiger partial charge on any atom is -0.481 e. The molecule has 3 rings (SSSR count). The normalized spacial score (nSPS) is 21.7. The van der Waals surface area contributed by atoms with E-state index in [-0.39, 0.29) is 50.2 Å². The number of hydrogen-bond donors (Lipinski definition) is 3. The molecule has 1 aliphatic carbocycles. The Kier molecular flexibility index (Phi) is 9.84. The molecule has 2 aromatic rings. The fourth-order valence-corrected chi connectivity index (χ4v) is 4.79. The molecule has 0 aliphatic heterocycles. The van der Waals surface area contributed by atoms with Crippen LogP contribution in [0.4, 0.5) is 26.3 Å². The Bertz CT molecular complexity index is 1090. The molecular formula is C25H27ClF6N2O4. The monoisotopic (exact) mass is 568 g/mol. The van der Waals surface area contributed by atoms with E-state index in [2.05, 4.69) is 0 Å². The number of ether oxygens (including phenoxy) is 1. The highest BCUT2D eigenvalue weighted by Crippen LogP contribution is 2.46. The third-order valence-electron chi connectivity index (χ3n) is 6.74. The number of carboxylic acid groups (broad SMARTS) is 1.